The quantitative estimate of drug-likeness (QED) is 0.757. The minimum Gasteiger partial charge on any atom is -0.480 e. The first kappa shape index (κ1) is 13.3. The zero-order valence-corrected chi connectivity index (χ0v) is 9.79. The monoisotopic (exact) mass is 263 g/mol. The van der Waals surface area contributed by atoms with Crippen molar-refractivity contribution in [3.8, 4) is 0 Å². The SMILES string of the molecule is O=C(O)CNCC(O)c1ccc(Cl)cc1Cl. The molecule has 4 nitrogen and oxygen atoms in total. The molecule has 0 fully saturated rings. The van der Waals surface area contributed by atoms with E-state index in [1.165, 1.54) is 6.07 Å². The molecular weight excluding hydrogens is 253 g/mol. The van der Waals surface area contributed by atoms with E-state index >= 15 is 0 Å². The highest BCUT2D eigenvalue weighted by atomic mass is 35.5. The zero-order chi connectivity index (χ0) is 12.1. The Bertz CT molecular complexity index is 384. The van der Waals surface area contributed by atoms with Crippen LogP contribution >= 0.6 is 23.2 Å². The second kappa shape index (κ2) is 6.06. The maximum Gasteiger partial charge on any atom is 0.317 e. The molecule has 0 saturated carbocycles. The number of hydrogen-bond donors (Lipinski definition) is 3. The smallest absolute Gasteiger partial charge is 0.317 e. The molecule has 16 heavy (non-hydrogen) atoms. The molecular formula is C10H11Cl2NO3. The van der Waals surface area contributed by atoms with Crippen molar-refractivity contribution in [2.24, 2.45) is 0 Å². The Kier molecular flexibility index (Phi) is 5.02. The third-order valence-corrected chi connectivity index (χ3v) is 2.50. The van der Waals surface area contributed by atoms with E-state index in [2.05, 4.69) is 5.32 Å². The summed E-state index contributed by atoms with van der Waals surface area (Å²) in [7, 11) is 0. The number of aliphatic carboxylic acids is 1. The molecule has 0 radical (unpaired) electrons. The summed E-state index contributed by atoms with van der Waals surface area (Å²) in [5.74, 6) is -0.977. The van der Waals surface area contributed by atoms with E-state index in [0.717, 1.165) is 0 Å². The third-order valence-electron chi connectivity index (χ3n) is 1.94. The van der Waals surface area contributed by atoms with E-state index < -0.39 is 12.1 Å². The zero-order valence-electron chi connectivity index (χ0n) is 8.28. The van der Waals surface area contributed by atoms with E-state index in [4.69, 9.17) is 28.3 Å². The lowest BCUT2D eigenvalue weighted by Gasteiger charge is -2.13. The Morgan fingerprint density at radius 2 is 2.12 bits per heavy atom. The van der Waals surface area contributed by atoms with Gasteiger partial charge in [0, 0.05) is 22.2 Å². The molecule has 3 N–H and O–H groups in total. The fourth-order valence-electron chi connectivity index (χ4n) is 1.20. The summed E-state index contributed by atoms with van der Waals surface area (Å²) >= 11 is 11.6. The second-order valence-electron chi connectivity index (χ2n) is 3.21. The van der Waals surface area contributed by atoms with Crippen LogP contribution in [-0.4, -0.2) is 29.3 Å². The molecule has 88 valence electrons. The van der Waals surface area contributed by atoms with Crippen LogP contribution in [0.25, 0.3) is 0 Å². The van der Waals surface area contributed by atoms with Crippen molar-refractivity contribution in [2.75, 3.05) is 13.1 Å². The van der Waals surface area contributed by atoms with Crippen LogP contribution in [0.4, 0.5) is 0 Å². The van der Waals surface area contributed by atoms with Gasteiger partial charge in [0.15, 0.2) is 0 Å². The first-order chi connectivity index (χ1) is 7.50. The van der Waals surface area contributed by atoms with Crippen LogP contribution in [0.1, 0.15) is 11.7 Å². The number of aliphatic hydroxyl groups excluding tert-OH is 1. The van der Waals surface area contributed by atoms with E-state index in [0.29, 0.717) is 15.6 Å². The topological polar surface area (TPSA) is 69.6 Å². The highest BCUT2D eigenvalue weighted by Gasteiger charge is 2.11. The fraction of sp³-hybridized carbons (Fsp3) is 0.300. The largest absolute Gasteiger partial charge is 0.480 e. The summed E-state index contributed by atoms with van der Waals surface area (Å²) in [4.78, 5) is 10.2. The van der Waals surface area contributed by atoms with Crippen molar-refractivity contribution >= 4 is 29.2 Å². The Morgan fingerprint density at radius 1 is 1.44 bits per heavy atom. The summed E-state index contributed by atoms with van der Waals surface area (Å²) in [5, 5.41) is 21.6. The van der Waals surface area contributed by atoms with Gasteiger partial charge in [0.05, 0.1) is 12.6 Å². The van der Waals surface area contributed by atoms with E-state index in [9.17, 15) is 9.90 Å². The lowest BCUT2D eigenvalue weighted by molar-refractivity contribution is -0.136. The predicted octanol–water partition coefficient (Wildman–Crippen LogP) is 1.70. The van der Waals surface area contributed by atoms with Crippen molar-refractivity contribution in [3.05, 3.63) is 33.8 Å². The minimum atomic E-state index is -0.977. The molecule has 0 aliphatic heterocycles. The van der Waals surface area contributed by atoms with E-state index in [1.807, 2.05) is 0 Å². The van der Waals surface area contributed by atoms with Crippen LogP contribution in [0.5, 0.6) is 0 Å². The van der Waals surface area contributed by atoms with Crippen LogP contribution < -0.4 is 5.32 Å². The van der Waals surface area contributed by atoms with Crippen LogP contribution in [0.2, 0.25) is 10.0 Å². The molecule has 1 unspecified atom stereocenters. The Balaban J connectivity index is 2.58. The lowest BCUT2D eigenvalue weighted by atomic mass is 10.1. The molecule has 1 atom stereocenters. The Hall–Kier alpha value is -0.810. The Morgan fingerprint density at radius 3 is 2.69 bits per heavy atom. The predicted molar refractivity (Wildman–Crippen MR) is 61.9 cm³/mol. The number of carboxylic acid groups (broad SMARTS) is 1. The number of halogens is 2. The first-order valence-electron chi connectivity index (χ1n) is 4.56. The average Bonchev–Trinajstić information content (AvgIpc) is 2.16. The number of carbonyl (C=O) groups is 1. The maximum absolute atomic E-state index is 10.2. The highest BCUT2D eigenvalue weighted by molar-refractivity contribution is 6.35. The molecule has 0 aliphatic carbocycles. The van der Waals surface area contributed by atoms with Crippen LogP contribution in [-0.2, 0) is 4.79 Å². The second-order valence-corrected chi connectivity index (χ2v) is 4.05. The lowest BCUT2D eigenvalue weighted by Crippen LogP contribution is -2.27. The van der Waals surface area contributed by atoms with Crippen LogP contribution in [0, 0.1) is 0 Å². The van der Waals surface area contributed by atoms with Crippen molar-refractivity contribution in [2.45, 2.75) is 6.10 Å². The van der Waals surface area contributed by atoms with E-state index in [-0.39, 0.29) is 13.1 Å². The summed E-state index contributed by atoms with van der Waals surface area (Å²) in [6, 6.07) is 4.75. The van der Waals surface area contributed by atoms with Gasteiger partial charge in [0.2, 0.25) is 0 Å². The van der Waals surface area contributed by atoms with Gasteiger partial charge in [-0.25, -0.2) is 0 Å². The summed E-state index contributed by atoms with van der Waals surface area (Å²) in [6.07, 6.45) is -0.857. The van der Waals surface area contributed by atoms with Gasteiger partial charge < -0.3 is 15.5 Å². The summed E-state index contributed by atoms with van der Waals surface area (Å²) in [6.45, 7) is -0.0874. The normalized spacial score (nSPS) is 12.4. The molecule has 0 saturated heterocycles. The van der Waals surface area contributed by atoms with Crippen LogP contribution in [0.3, 0.4) is 0 Å². The van der Waals surface area contributed by atoms with Crippen molar-refractivity contribution < 1.29 is 15.0 Å². The molecule has 0 aromatic heterocycles. The van der Waals surface area contributed by atoms with Crippen LogP contribution in [0.15, 0.2) is 18.2 Å². The number of nitrogens with one attached hydrogen (secondary N) is 1. The number of hydrogen-bond acceptors (Lipinski definition) is 3. The van der Waals surface area contributed by atoms with Gasteiger partial charge in [-0.2, -0.15) is 0 Å². The number of aliphatic hydroxyl groups is 1. The molecule has 0 aliphatic rings. The molecule has 6 heteroatoms. The van der Waals surface area contributed by atoms with Crippen molar-refractivity contribution in [3.63, 3.8) is 0 Å². The molecule has 0 amide bonds. The fourth-order valence-corrected chi connectivity index (χ4v) is 1.73. The summed E-state index contributed by atoms with van der Waals surface area (Å²) in [5.41, 5.74) is 0.518. The minimum absolute atomic E-state index is 0.119. The Labute approximate surface area is 103 Å². The van der Waals surface area contributed by atoms with Gasteiger partial charge in [-0.05, 0) is 12.1 Å². The van der Waals surface area contributed by atoms with Gasteiger partial charge in [-0.15, -0.1) is 0 Å². The molecule has 0 heterocycles. The van der Waals surface area contributed by atoms with E-state index in [1.54, 1.807) is 12.1 Å². The van der Waals surface area contributed by atoms with Gasteiger partial charge in [0.25, 0.3) is 0 Å². The highest BCUT2D eigenvalue weighted by Crippen LogP contribution is 2.25. The summed E-state index contributed by atoms with van der Waals surface area (Å²) < 4.78 is 0. The molecule has 1 rings (SSSR count). The standard InChI is InChI=1S/C10H11Cl2NO3/c11-6-1-2-7(8(12)3-6)9(14)4-13-5-10(15)16/h1-3,9,13-14H,4-5H2,(H,15,16). The molecule has 0 bridgehead atoms. The molecule has 1 aromatic carbocycles. The van der Waals surface area contributed by atoms with Gasteiger partial charge in [-0.3, -0.25) is 4.79 Å². The molecule has 1 aromatic rings. The maximum atomic E-state index is 10.2. The number of benzene rings is 1. The molecule has 0 spiro atoms. The van der Waals surface area contributed by atoms with Gasteiger partial charge in [-0.1, -0.05) is 29.3 Å². The number of carboxylic acids is 1. The average molecular weight is 264 g/mol. The first-order valence-corrected chi connectivity index (χ1v) is 5.32. The van der Waals surface area contributed by atoms with Gasteiger partial charge in [0.1, 0.15) is 0 Å². The number of rotatable bonds is 5. The third kappa shape index (κ3) is 3.98. The van der Waals surface area contributed by atoms with Crippen molar-refractivity contribution in [1.29, 1.82) is 0 Å². The van der Waals surface area contributed by atoms with Crippen molar-refractivity contribution in [1.82, 2.24) is 5.32 Å². The van der Waals surface area contributed by atoms with Gasteiger partial charge >= 0.3 is 5.97 Å².